The molecule has 0 unspecified atom stereocenters. The molecule has 0 saturated heterocycles. The van der Waals surface area contributed by atoms with Gasteiger partial charge in [0, 0.05) is 6.07 Å². The minimum absolute atomic E-state index is 0.0614. The summed E-state index contributed by atoms with van der Waals surface area (Å²) >= 11 is 0. The fourth-order valence-electron chi connectivity index (χ4n) is 1.65. The summed E-state index contributed by atoms with van der Waals surface area (Å²) in [5, 5.41) is 25.6. The van der Waals surface area contributed by atoms with Crippen LogP contribution in [-0.2, 0) is 0 Å². The summed E-state index contributed by atoms with van der Waals surface area (Å²) in [5.74, 6) is 0.640. The molecule has 0 radical (unpaired) electrons. The molecule has 0 atom stereocenters. The van der Waals surface area contributed by atoms with E-state index < -0.39 is 15.5 Å². The van der Waals surface area contributed by atoms with E-state index in [4.69, 9.17) is 4.42 Å². The zero-order valence-corrected chi connectivity index (χ0v) is 12.0. The van der Waals surface area contributed by atoms with Crippen molar-refractivity contribution in [2.24, 2.45) is 5.10 Å². The Morgan fingerprint density at radius 2 is 2.04 bits per heavy atom. The number of furan rings is 1. The molecule has 1 heterocycles. The summed E-state index contributed by atoms with van der Waals surface area (Å²) in [6.07, 6.45) is 4.87. The number of nitro groups is 2. The van der Waals surface area contributed by atoms with E-state index in [0.717, 1.165) is 6.07 Å². The van der Waals surface area contributed by atoms with E-state index >= 15 is 0 Å². The summed E-state index contributed by atoms with van der Waals surface area (Å²) < 4.78 is 5.12. The van der Waals surface area contributed by atoms with Gasteiger partial charge in [-0.05, 0) is 37.3 Å². The summed E-state index contributed by atoms with van der Waals surface area (Å²) in [5.41, 5.74) is 2.34. The van der Waals surface area contributed by atoms with Crippen molar-refractivity contribution in [1.29, 1.82) is 0 Å². The third-order valence-corrected chi connectivity index (χ3v) is 2.77. The van der Waals surface area contributed by atoms with Crippen LogP contribution < -0.4 is 5.43 Å². The van der Waals surface area contributed by atoms with Crippen molar-refractivity contribution in [1.82, 2.24) is 0 Å². The highest BCUT2D eigenvalue weighted by molar-refractivity contribution is 5.96. The van der Waals surface area contributed by atoms with Gasteiger partial charge < -0.3 is 4.42 Å². The number of nitro benzene ring substituents is 2. The molecule has 9 nitrogen and oxygen atoms in total. The molecule has 2 rings (SSSR count). The minimum Gasteiger partial charge on any atom is -0.465 e. The highest BCUT2D eigenvalue weighted by Gasteiger charge is 2.19. The molecule has 23 heavy (non-hydrogen) atoms. The minimum atomic E-state index is -0.709. The summed E-state index contributed by atoms with van der Waals surface area (Å²) in [4.78, 5) is 20.3. The monoisotopic (exact) mass is 316 g/mol. The smallest absolute Gasteiger partial charge is 0.301 e. The van der Waals surface area contributed by atoms with Gasteiger partial charge in [-0.1, -0.05) is 0 Å². The van der Waals surface area contributed by atoms with Crippen LogP contribution in [0.5, 0.6) is 0 Å². The molecule has 1 N–H and O–H groups in total. The first-order valence-corrected chi connectivity index (χ1v) is 6.42. The van der Waals surface area contributed by atoms with Crippen LogP contribution in [0, 0.1) is 20.2 Å². The Morgan fingerprint density at radius 3 is 2.65 bits per heavy atom. The standard InChI is InChI=1S/C14H12N4O5/c1-10(4-6-12-3-2-8-23-12)15-16-13-7-5-11(17(19)20)9-14(13)18(21)22/h2-9,16H,1H3/b6-4+,15-10-. The maximum Gasteiger partial charge on any atom is 0.301 e. The highest BCUT2D eigenvalue weighted by atomic mass is 16.6. The third kappa shape index (κ3) is 4.24. The Balaban J connectivity index is 2.17. The summed E-state index contributed by atoms with van der Waals surface area (Å²) in [6.45, 7) is 1.68. The molecular weight excluding hydrogens is 304 g/mol. The van der Waals surface area contributed by atoms with Gasteiger partial charge in [0.15, 0.2) is 0 Å². The lowest BCUT2D eigenvalue weighted by molar-refractivity contribution is -0.393. The second-order valence-corrected chi connectivity index (χ2v) is 4.43. The fourth-order valence-corrected chi connectivity index (χ4v) is 1.65. The van der Waals surface area contributed by atoms with Gasteiger partial charge in [0.2, 0.25) is 0 Å². The van der Waals surface area contributed by atoms with Gasteiger partial charge in [0.25, 0.3) is 5.69 Å². The third-order valence-electron chi connectivity index (χ3n) is 2.77. The maximum atomic E-state index is 11.0. The van der Waals surface area contributed by atoms with Crippen molar-refractivity contribution in [3.8, 4) is 0 Å². The van der Waals surface area contributed by atoms with E-state index in [2.05, 4.69) is 10.5 Å². The highest BCUT2D eigenvalue weighted by Crippen LogP contribution is 2.28. The van der Waals surface area contributed by atoms with Crippen LogP contribution in [0.3, 0.4) is 0 Å². The normalized spacial score (nSPS) is 11.6. The van der Waals surface area contributed by atoms with Gasteiger partial charge in [-0.2, -0.15) is 5.10 Å². The number of benzene rings is 1. The molecule has 0 aliphatic heterocycles. The molecule has 118 valence electrons. The maximum absolute atomic E-state index is 11.0. The SMILES string of the molecule is CC(/C=C/c1ccco1)=N/Nc1ccc([N+](=O)[O-])cc1[N+](=O)[O-]. The number of nitrogens with one attached hydrogen (secondary N) is 1. The number of hydrogen-bond donors (Lipinski definition) is 1. The van der Waals surface area contributed by atoms with Crippen LogP contribution in [0.2, 0.25) is 0 Å². The van der Waals surface area contributed by atoms with Crippen molar-refractivity contribution in [2.45, 2.75) is 6.92 Å². The van der Waals surface area contributed by atoms with E-state index in [-0.39, 0.29) is 11.4 Å². The Morgan fingerprint density at radius 1 is 1.26 bits per heavy atom. The fraction of sp³-hybridized carbons (Fsp3) is 0.0714. The van der Waals surface area contributed by atoms with E-state index in [1.807, 2.05) is 0 Å². The lowest BCUT2D eigenvalue weighted by atomic mass is 10.2. The first kappa shape index (κ1) is 15.9. The van der Waals surface area contributed by atoms with Crippen LogP contribution in [0.25, 0.3) is 6.08 Å². The van der Waals surface area contributed by atoms with E-state index in [0.29, 0.717) is 11.5 Å². The summed E-state index contributed by atoms with van der Waals surface area (Å²) in [7, 11) is 0. The molecule has 0 aliphatic carbocycles. The van der Waals surface area contributed by atoms with E-state index in [1.165, 1.54) is 18.4 Å². The Kier molecular flexibility index (Phi) is 4.82. The van der Waals surface area contributed by atoms with E-state index in [9.17, 15) is 20.2 Å². The van der Waals surface area contributed by atoms with Crippen LogP contribution in [0.15, 0.2) is 52.2 Å². The predicted molar refractivity (Wildman–Crippen MR) is 84.2 cm³/mol. The van der Waals surface area contributed by atoms with Crippen LogP contribution in [0.1, 0.15) is 12.7 Å². The van der Waals surface area contributed by atoms with Gasteiger partial charge in [0.1, 0.15) is 11.4 Å². The number of nitrogens with zero attached hydrogens (tertiary/aromatic N) is 3. The quantitative estimate of drug-likeness (QED) is 0.493. The average molecular weight is 316 g/mol. The molecule has 0 bridgehead atoms. The average Bonchev–Trinajstić information content (AvgIpc) is 3.03. The Hall–Kier alpha value is -3.49. The predicted octanol–water partition coefficient (Wildman–Crippen LogP) is 3.60. The number of non-ortho nitro benzene ring substituents is 1. The lowest BCUT2D eigenvalue weighted by Crippen LogP contribution is -2.00. The molecular formula is C14H12N4O5. The number of anilines is 1. The molecule has 1 aromatic heterocycles. The zero-order valence-electron chi connectivity index (χ0n) is 12.0. The van der Waals surface area contributed by atoms with Gasteiger partial charge >= 0.3 is 5.69 Å². The second-order valence-electron chi connectivity index (χ2n) is 4.43. The first-order chi connectivity index (χ1) is 11.0. The Bertz CT molecular complexity index is 780. The molecule has 0 spiro atoms. The van der Waals surface area contributed by atoms with Gasteiger partial charge in [-0.25, -0.2) is 0 Å². The van der Waals surface area contributed by atoms with Crippen molar-refractivity contribution in [2.75, 3.05) is 5.43 Å². The summed E-state index contributed by atoms with van der Waals surface area (Å²) in [6, 6.07) is 6.79. The van der Waals surface area contributed by atoms with Crippen molar-refractivity contribution < 1.29 is 14.3 Å². The molecule has 0 amide bonds. The molecule has 1 aromatic carbocycles. The van der Waals surface area contributed by atoms with Crippen molar-refractivity contribution in [3.63, 3.8) is 0 Å². The van der Waals surface area contributed by atoms with Gasteiger partial charge in [-0.15, -0.1) is 0 Å². The number of hydrogen-bond acceptors (Lipinski definition) is 7. The van der Waals surface area contributed by atoms with Crippen LogP contribution in [0.4, 0.5) is 17.1 Å². The molecule has 0 fully saturated rings. The number of hydrazone groups is 1. The van der Waals surface area contributed by atoms with Crippen molar-refractivity contribution >= 4 is 28.8 Å². The van der Waals surface area contributed by atoms with Gasteiger partial charge in [-0.3, -0.25) is 25.7 Å². The molecule has 0 aliphatic rings. The first-order valence-electron chi connectivity index (χ1n) is 6.42. The largest absolute Gasteiger partial charge is 0.465 e. The zero-order chi connectivity index (χ0) is 16.8. The number of rotatable bonds is 6. The number of allylic oxidation sites excluding steroid dienone is 1. The molecule has 0 saturated carbocycles. The van der Waals surface area contributed by atoms with Crippen molar-refractivity contribution in [3.05, 3.63) is 68.7 Å². The molecule has 2 aromatic rings. The lowest BCUT2D eigenvalue weighted by Gasteiger charge is -2.02. The molecule has 9 heteroatoms. The Labute approximate surface area is 130 Å². The van der Waals surface area contributed by atoms with Crippen LogP contribution >= 0.6 is 0 Å². The van der Waals surface area contributed by atoms with E-state index in [1.54, 1.807) is 31.2 Å². The topological polar surface area (TPSA) is 124 Å². The van der Waals surface area contributed by atoms with Gasteiger partial charge in [0.05, 0.1) is 27.9 Å². The second kappa shape index (κ2) is 6.98. The van der Waals surface area contributed by atoms with Crippen LogP contribution in [-0.4, -0.2) is 15.6 Å².